The van der Waals surface area contributed by atoms with Gasteiger partial charge >= 0.3 is 0 Å². The van der Waals surface area contributed by atoms with Crippen LogP contribution in [-0.4, -0.2) is 22.6 Å². The Balaban J connectivity index is 0.00000192. The molecule has 124 valence electrons. The zero-order chi connectivity index (χ0) is 15.4. The van der Waals surface area contributed by atoms with Crippen molar-refractivity contribution in [3.05, 3.63) is 41.0 Å². The van der Waals surface area contributed by atoms with E-state index in [9.17, 15) is 0 Å². The fraction of sp³-hybridized carbons (Fsp3) is 0.438. The zero-order valence-electron chi connectivity index (χ0n) is 13.2. The quantitative estimate of drug-likeness (QED) is 0.445. The molecule has 1 aromatic heterocycles. The third-order valence-electron chi connectivity index (χ3n) is 3.84. The molecule has 3 rings (SSSR count). The number of hydrogen-bond donors (Lipinski definition) is 2. The second-order valence-electron chi connectivity index (χ2n) is 5.53. The summed E-state index contributed by atoms with van der Waals surface area (Å²) in [6, 6.07) is 6.33. The van der Waals surface area contributed by atoms with Gasteiger partial charge in [0.2, 0.25) is 5.89 Å². The number of aromatic nitrogens is 2. The van der Waals surface area contributed by atoms with E-state index < -0.39 is 0 Å². The number of nitrogens with two attached hydrogens (primary N) is 1. The van der Waals surface area contributed by atoms with Gasteiger partial charge in [0.25, 0.3) is 0 Å². The highest BCUT2D eigenvalue weighted by atomic mass is 127. The number of benzene rings is 1. The van der Waals surface area contributed by atoms with Gasteiger partial charge in [0.15, 0.2) is 11.8 Å². The second-order valence-corrected chi connectivity index (χ2v) is 5.53. The molecule has 0 aliphatic heterocycles. The van der Waals surface area contributed by atoms with Crippen molar-refractivity contribution < 1.29 is 4.52 Å². The van der Waals surface area contributed by atoms with Crippen molar-refractivity contribution in [1.29, 1.82) is 0 Å². The summed E-state index contributed by atoms with van der Waals surface area (Å²) in [6.07, 6.45) is 5.35. The van der Waals surface area contributed by atoms with Crippen molar-refractivity contribution >= 4 is 35.6 Å². The first-order valence-corrected chi connectivity index (χ1v) is 7.69. The highest BCUT2D eigenvalue weighted by molar-refractivity contribution is 14.0. The molecule has 1 aliphatic rings. The molecule has 0 saturated carbocycles. The van der Waals surface area contributed by atoms with E-state index in [1.165, 1.54) is 24.0 Å². The molecule has 2 aromatic rings. The third kappa shape index (κ3) is 4.66. The first kappa shape index (κ1) is 17.7. The number of guanidine groups is 1. The number of rotatable bonds is 4. The van der Waals surface area contributed by atoms with Crippen molar-refractivity contribution in [2.75, 3.05) is 11.9 Å². The Morgan fingerprint density at radius 1 is 1.35 bits per heavy atom. The summed E-state index contributed by atoms with van der Waals surface area (Å²) < 4.78 is 5.05. The van der Waals surface area contributed by atoms with Crippen LogP contribution in [0.4, 0.5) is 5.69 Å². The Labute approximate surface area is 153 Å². The van der Waals surface area contributed by atoms with Crippen LogP contribution in [0.1, 0.15) is 35.7 Å². The lowest BCUT2D eigenvalue weighted by atomic mass is 9.90. The van der Waals surface area contributed by atoms with Gasteiger partial charge in [0, 0.05) is 12.1 Å². The van der Waals surface area contributed by atoms with Crippen LogP contribution in [0.25, 0.3) is 0 Å². The maximum atomic E-state index is 5.98. The maximum absolute atomic E-state index is 5.98. The molecule has 1 heterocycles. The lowest BCUT2D eigenvalue weighted by Crippen LogP contribution is -2.24. The van der Waals surface area contributed by atoms with E-state index in [4.69, 9.17) is 10.3 Å². The molecule has 3 N–H and O–H groups in total. The third-order valence-corrected chi connectivity index (χ3v) is 3.84. The Morgan fingerprint density at radius 2 is 2.17 bits per heavy atom. The molecule has 0 unspecified atom stereocenters. The van der Waals surface area contributed by atoms with Gasteiger partial charge in [0.05, 0.1) is 6.54 Å². The number of aryl methyl sites for hydroxylation is 2. The van der Waals surface area contributed by atoms with E-state index in [0.29, 0.717) is 30.6 Å². The largest absolute Gasteiger partial charge is 0.370 e. The molecular formula is C16H22IN5O. The monoisotopic (exact) mass is 427 g/mol. The SMILES string of the molecule is Cc1noc(CCN=C(N)Nc2cccc3c2CCCC3)n1.I. The summed E-state index contributed by atoms with van der Waals surface area (Å²) in [7, 11) is 0. The van der Waals surface area contributed by atoms with Crippen LogP contribution in [0.3, 0.4) is 0 Å². The molecule has 0 atom stereocenters. The average Bonchev–Trinajstić information content (AvgIpc) is 2.93. The van der Waals surface area contributed by atoms with E-state index >= 15 is 0 Å². The van der Waals surface area contributed by atoms with Crippen LogP contribution in [0, 0.1) is 6.92 Å². The van der Waals surface area contributed by atoms with Crippen molar-refractivity contribution in [2.24, 2.45) is 10.7 Å². The fourth-order valence-electron chi connectivity index (χ4n) is 2.79. The lowest BCUT2D eigenvalue weighted by molar-refractivity contribution is 0.376. The summed E-state index contributed by atoms with van der Waals surface area (Å²) in [5.74, 6) is 1.65. The van der Waals surface area contributed by atoms with Gasteiger partial charge < -0.3 is 15.6 Å². The van der Waals surface area contributed by atoms with Crippen LogP contribution in [0.2, 0.25) is 0 Å². The molecule has 1 aromatic carbocycles. The zero-order valence-corrected chi connectivity index (χ0v) is 15.5. The number of nitrogens with zero attached hydrogens (tertiary/aromatic N) is 3. The first-order valence-electron chi connectivity index (χ1n) is 7.69. The average molecular weight is 427 g/mol. The molecule has 0 fully saturated rings. The summed E-state index contributed by atoms with van der Waals surface area (Å²) in [6.45, 7) is 2.32. The second kappa shape index (κ2) is 8.28. The number of nitrogens with one attached hydrogen (secondary N) is 1. The molecule has 0 spiro atoms. The Kier molecular flexibility index (Phi) is 6.37. The number of halogens is 1. The molecule has 0 saturated heterocycles. The van der Waals surface area contributed by atoms with Gasteiger partial charge in [-0.1, -0.05) is 17.3 Å². The maximum Gasteiger partial charge on any atom is 0.228 e. The summed E-state index contributed by atoms with van der Waals surface area (Å²) in [5, 5.41) is 6.97. The molecule has 1 aliphatic carbocycles. The standard InChI is InChI=1S/C16H21N5O.HI/c1-11-19-15(22-21-11)9-10-18-16(17)20-14-8-4-6-12-5-2-3-7-13(12)14;/h4,6,8H,2-3,5,7,9-10H2,1H3,(H3,17,18,20);1H. The van der Waals surface area contributed by atoms with Crippen LogP contribution < -0.4 is 11.1 Å². The smallest absolute Gasteiger partial charge is 0.228 e. The predicted octanol–water partition coefficient (Wildman–Crippen LogP) is 2.84. The molecule has 7 heteroatoms. The van der Waals surface area contributed by atoms with E-state index in [0.717, 1.165) is 18.5 Å². The van der Waals surface area contributed by atoms with Gasteiger partial charge in [-0.05, 0) is 49.8 Å². The molecule has 0 bridgehead atoms. The van der Waals surface area contributed by atoms with Gasteiger partial charge in [-0.25, -0.2) is 0 Å². The summed E-state index contributed by atoms with van der Waals surface area (Å²) in [5.41, 5.74) is 9.85. The molecule has 23 heavy (non-hydrogen) atoms. The molecule has 6 nitrogen and oxygen atoms in total. The van der Waals surface area contributed by atoms with Crippen LogP contribution in [0.5, 0.6) is 0 Å². The van der Waals surface area contributed by atoms with Gasteiger partial charge in [0.1, 0.15) is 0 Å². The van der Waals surface area contributed by atoms with Crippen molar-refractivity contribution in [3.8, 4) is 0 Å². The highest BCUT2D eigenvalue weighted by Crippen LogP contribution is 2.27. The predicted molar refractivity (Wildman–Crippen MR) is 101 cm³/mol. The first-order chi connectivity index (χ1) is 10.7. The lowest BCUT2D eigenvalue weighted by Gasteiger charge is -2.19. The normalized spacial score (nSPS) is 14.0. The van der Waals surface area contributed by atoms with Crippen molar-refractivity contribution in [1.82, 2.24) is 10.1 Å². The Morgan fingerprint density at radius 3 is 2.96 bits per heavy atom. The van der Waals surface area contributed by atoms with E-state index in [2.05, 4.69) is 38.6 Å². The van der Waals surface area contributed by atoms with Gasteiger partial charge in [-0.15, -0.1) is 24.0 Å². The summed E-state index contributed by atoms with van der Waals surface area (Å²) in [4.78, 5) is 8.47. The summed E-state index contributed by atoms with van der Waals surface area (Å²) >= 11 is 0. The van der Waals surface area contributed by atoms with Crippen LogP contribution in [-0.2, 0) is 19.3 Å². The minimum Gasteiger partial charge on any atom is -0.370 e. The van der Waals surface area contributed by atoms with E-state index in [1.54, 1.807) is 6.92 Å². The number of anilines is 1. The molecular weight excluding hydrogens is 405 g/mol. The highest BCUT2D eigenvalue weighted by Gasteiger charge is 2.13. The van der Waals surface area contributed by atoms with Crippen LogP contribution in [0.15, 0.2) is 27.7 Å². The van der Waals surface area contributed by atoms with Crippen LogP contribution >= 0.6 is 24.0 Å². The van der Waals surface area contributed by atoms with E-state index in [-0.39, 0.29) is 24.0 Å². The van der Waals surface area contributed by atoms with Crippen molar-refractivity contribution in [2.45, 2.75) is 39.0 Å². The fourth-order valence-corrected chi connectivity index (χ4v) is 2.79. The minimum atomic E-state index is 0. The van der Waals surface area contributed by atoms with Gasteiger partial charge in [-0.3, -0.25) is 4.99 Å². The molecule has 0 radical (unpaired) electrons. The van der Waals surface area contributed by atoms with E-state index in [1.807, 2.05) is 0 Å². The van der Waals surface area contributed by atoms with Crippen molar-refractivity contribution in [3.63, 3.8) is 0 Å². The number of aliphatic imine (C=N–C) groups is 1. The topological polar surface area (TPSA) is 89.3 Å². The Bertz CT molecular complexity index is 683. The molecule has 0 amide bonds. The Hall–Kier alpha value is -1.64. The van der Waals surface area contributed by atoms with Gasteiger partial charge in [-0.2, -0.15) is 4.98 Å². The minimum absolute atomic E-state index is 0. The number of hydrogen-bond acceptors (Lipinski definition) is 4. The number of fused-ring (bicyclic) bond motifs is 1.